The highest BCUT2D eigenvalue weighted by atomic mass is 32.2. The Hall–Kier alpha value is -0.700. The number of hydrogen-bond acceptors (Lipinski definition) is 5. The Labute approximate surface area is 100 Å². The highest BCUT2D eigenvalue weighted by Gasteiger charge is 2.32. The van der Waals surface area contributed by atoms with E-state index in [-0.39, 0.29) is 6.61 Å². The van der Waals surface area contributed by atoms with Crippen LogP contribution in [0.3, 0.4) is 0 Å². The zero-order valence-electron chi connectivity index (χ0n) is 9.59. The molecule has 7 nitrogen and oxygen atoms in total. The number of sulfonamides is 1. The lowest BCUT2D eigenvalue weighted by atomic mass is 10.2. The smallest absolute Gasteiger partial charge is 0.324 e. The molecule has 1 fully saturated rings. The summed E-state index contributed by atoms with van der Waals surface area (Å²) in [6.07, 6.45) is 0.767. The molecule has 1 atom stereocenters. The number of methoxy groups -OCH3 is 1. The fraction of sp³-hybridized carbons (Fsp3) is 0.889. The quantitative estimate of drug-likeness (QED) is 0.652. The Bertz CT molecular complexity index is 348. The van der Waals surface area contributed by atoms with E-state index in [1.807, 2.05) is 0 Å². The number of aliphatic carboxylic acids is 1. The zero-order chi connectivity index (χ0) is 12.9. The van der Waals surface area contributed by atoms with Crippen LogP contribution < -0.4 is 4.72 Å². The van der Waals surface area contributed by atoms with Gasteiger partial charge >= 0.3 is 5.97 Å². The number of carboxylic acid groups (broad SMARTS) is 1. The van der Waals surface area contributed by atoms with Gasteiger partial charge in [0.05, 0.1) is 11.9 Å². The summed E-state index contributed by atoms with van der Waals surface area (Å²) in [5, 5.41) is 8.25. The topological polar surface area (TPSA) is 102 Å². The number of carbonyl (C=O) groups is 1. The average molecular weight is 267 g/mol. The molecule has 0 aromatic carbocycles. The predicted molar refractivity (Wildman–Crippen MR) is 59.2 cm³/mol. The molecule has 0 aromatic heterocycles. The molecule has 100 valence electrons. The molecule has 1 unspecified atom stereocenters. The van der Waals surface area contributed by atoms with Crippen LogP contribution in [-0.4, -0.2) is 57.7 Å². The molecule has 1 aliphatic heterocycles. The molecule has 8 heteroatoms. The van der Waals surface area contributed by atoms with E-state index in [1.165, 1.54) is 7.11 Å². The van der Waals surface area contributed by atoms with Crippen molar-refractivity contribution in [3.63, 3.8) is 0 Å². The molecular weight excluding hydrogens is 250 g/mol. The van der Waals surface area contributed by atoms with E-state index in [4.69, 9.17) is 9.84 Å². The second-order valence-electron chi connectivity index (χ2n) is 3.82. The van der Waals surface area contributed by atoms with Gasteiger partial charge in [-0.1, -0.05) is 0 Å². The normalized spacial score (nSPS) is 20.1. The average Bonchev–Trinajstić information content (AvgIpc) is 2.29. The maximum absolute atomic E-state index is 11.9. The molecule has 0 spiro atoms. The first kappa shape index (κ1) is 14.4. The number of ether oxygens (including phenoxy) is 2. The molecule has 0 aromatic rings. The third kappa shape index (κ3) is 4.23. The van der Waals surface area contributed by atoms with Crippen molar-refractivity contribution in [1.29, 1.82) is 0 Å². The number of nitrogens with one attached hydrogen (secondary N) is 1. The highest BCUT2D eigenvalue weighted by molar-refractivity contribution is 7.90. The van der Waals surface area contributed by atoms with Gasteiger partial charge in [-0.2, -0.15) is 4.72 Å². The third-order valence-electron chi connectivity index (χ3n) is 2.55. The minimum Gasteiger partial charge on any atom is -0.480 e. The lowest BCUT2D eigenvalue weighted by Crippen LogP contribution is -2.48. The van der Waals surface area contributed by atoms with Gasteiger partial charge in [0.25, 0.3) is 0 Å². The van der Waals surface area contributed by atoms with Gasteiger partial charge in [0.15, 0.2) is 0 Å². The van der Waals surface area contributed by atoms with E-state index >= 15 is 0 Å². The van der Waals surface area contributed by atoms with E-state index in [0.717, 1.165) is 0 Å². The molecule has 0 radical (unpaired) electrons. The van der Waals surface area contributed by atoms with Crippen LogP contribution in [0.1, 0.15) is 12.8 Å². The van der Waals surface area contributed by atoms with Crippen molar-refractivity contribution in [3.8, 4) is 0 Å². The summed E-state index contributed by atoms with van der Waals surface area (Å²) in [7, 11) is -2.32. The van der Waals surface area contributed by atoms with Crippen LogP contribution in [0.4, 0.5) is 0 Å². The maximum Gasteiger partial charge on any atom is 0.324 e. The molecule has 0 aliphatic carbocycles. The molecule has 1 heterocycles. The van der Waals surface area contributed by atoms with Crippen LogP contribution in [0.2, 0.25) is 0 Å². The second kappa shape index (κ2) is 6.29. The molecule has 2 N–H and O–H groups in total. The molecule has 1 rings (SSSR count). The predicted octanol–water partition coefficient (Wildman–Crippen LogP) is -0.816. The summed E-state index contributed by atoms with van der Waals surface area (Å²) in [4.78, 5) is 10.8. The van der Waals surface area contributed by atoms with Crippen LogP contribution in [0.5, 0.6) is 0 Å². The Morgan fingerprint density at radius 1 is 1.53 bits per heavy atom. The van der Waals surface area contributed by atoms with E-state index < -0.39 is 27.3 Å². The third-order valence-corrected chi connectivity index (χ3v) is 4.51. The van der Waals surface area contributed by atoms with Crippen LogP contribution in [-0.2, 0) is 24.3 Å². The van der Waals surface area contributed by atoms with E-state index in [2.05, 4.69) is 9.46 Å². The van der Waals surface area contributed by atoms with Crippen molar-refractivity contribution in [2.75, 3.05) is 26.9 Å². The summed E-state index contributed by atoms with van der Waals surface area (Å²) < 4.78 is 35.7. The SMILES string of the molecule is COCC(NS(=O)(=O)C1CCOCC1)C(=O)O. The molecule has 17 heavy (non-hydrogen) atoms. The van der Waals surface area contributed by atoms with Gasteiger partial charge < -0.3 is 14.6 Å². The molecular formula is C9H17NO6S. The number of rotatable bonds is 6. The van der Waals surface area contributed by atoms with Crippen molar-refractivity contribution in [2.24, 2.45) is 0 Å². The standard InChI is InChI=1S/C9H17NO6S/c1-15-6-8(9(11)12)10-17(13,14)7-2-4-16-5-3-7/h7-8,10H,2-6H2,1H3,(H,11,12). The van der Waals surface area contributed by atoms with Crippen LogP contribution in [0.25, 0.3) is 0 Å². The van der Waals surface area contributed by atoms with Gasteiger partial charge in [-0.05, 0) is 12.8 Å². The Morgan fingerprint density at radius 2 is 2.12 bits per heavy atom. The van der Waals surface area contributed by atoms with Crippen molar-refractivity contribution < 1.29 is 27.8 Å². The molecule has 0 bridgehead atoms. The Kier molecular flexibility index (Phi) is 5.31. The summed E-state index contributed by atoms with van der Waals surface area (Å²) in [5.74, 6) is -1.25. The van der Waals surface area contributed by atoms with Crippen LogP contribution >= 0.6 is 0 Å². The minimum atomic E-state index is -3.64. The molecule has 1 saturated heterocycles. The Morgan fingerprint density at radius 3 is 2.59 bits per heavy atom. The summed E-state index contributed by atoms with van der Waals surface area (Å²) in [5.41, 5.74) is 0. The van der Waals surface area contributed by atoms with Crippen molar-refractivity contribution in [3.05, 3.63) is 0 Å². The van der Waals surface area contributed by atoms with E-state index in [1.54, 1.807) is 0 Å². The van der Waals surface area contributed by atoms with E-state index in [0.29, 0.717) is 26.1 Å². The highest BCUT2D eigenvalue weighted by Crippen LogP contribution is 2.15. The number of carboxylic acids is 1. The van der Waals surface area contributed by atoms with Crippen molar-refractivity contribution in [2.45, 2.75) is 24.1 Å². The Balaban J connectivity index is 2.65. The largest absolute Gasteiger partial charge is 0.480 e. The molecule has 0 amide bonds. The van der Waals surface area contributed by atoms with Gasteiger partial charge in [-0.15, -0.1) is 0 Å². The zero-order valence-corrected chi connectivity index (χ0v) is 10.4. The van der Waals surface area contributed by atoms with Crippen molar-refractivity contribution >= 4 is 16.0 Å². The number of hydrogen-bond donors (Lipinski definition) is 2. The summed E-state index contributed by atoms with van der Waals surface area (Å²) >= 11 is 0. The van der Waals surface area contributed by atoms with Gasteiger partial charge in [0.1, 0.15) is 6.04 Å². The first-order valence-corrected chi connectivity index (χ1v) is 6.82. The van der Waals surface area contributed by atoms with Crippen LogP contribution in [0, 0.1) is 0 Å². The minimum absolute atomic E-state index is 0.197. The second-order valence-corrected chi connectivity index (χ2v) is 5.81. The fourth-order valence-electron chi connectivity index (χ4n) is 1.60. The first-order valence-electron chi connectivity index (χ1n) is 5.28. The van der Waals surface area contributed by atoms with Gasteiger partial charge in [-0.25, -0.2) is 8.42 Å². The van der Waals surface area contributed by atoms with Gasteiger partial charge in [-0.3, -0.25) is 4.79 Å². The summed E-state index contributed by atoms with van der Waals surface area (Å²) in [6, 6.07) is -1.24. The van der Waals surface area contributed by atoms with Crippen molar-refractivity contribution in [1.82, 2.24) is 4.72 Å². The molecule has 0 saturated carbocycles. The lowest BCUT2D eigenvalue weighted by Gasteiger charge is -2.24. The monoisotopic (exact) mass is 267 g/mol. The van der Waals surface area contributed by atoms with Crippen LogP contribution in [0.15, 0.2) is 0 Å². The van der Waals surface area contributed by atoms with Gasteiger partial charge in [0.2, 0.25) is 10.0 Å². The lowest BCUT2D eigenvalue weighted by molar-refractivity contribution is -0.140. The maximum atomic E-state index is 11.9. The summed E-state index contributed by atoms with van der Waals surface area (Å²) in [6.45, 7) is 0.568. The first-order chi connectivity index (χ1) is 7.97. The van der Waals surface area contributed by atoms with E-state index in [9.17, 15) is 13.2 Å². The fourth-order valence-corrected chi connectivity index (χ4v) is 3.17. The molecule has 1 aliphatic rings. The van der Waals surface area contributed by atoms with Gasteiger partial charge in [0, 0.05) is 20.3 Å².